The Bertz CT molecular complexity index is 1150. The van der Waals surface area contributed by atoms with Gasteiger partial charge in [-0.1, -0.05) is 59.3 Å². The van der Waals surface area contributed by atoms with Gasteiger partial charge in [0.25, 0.3) is 0 Å². The van der Waals surface area contributed by atoms with Crippen LogP contribution in [0.4, 0.5) is 0 Å². The molecule has 0 amide bonds. The minimum absolute atomic E-state index is 0.551. The van der Waals surface area contributed by atoms with Crippen molar-refractivity contribution in [3.8, 4) is 0 Å². The molecule has 0 aliphatic rings. The molecule has 0 unspecified atom stereocenters. The van der Waals surface area contributed by atoms with E-state index in [9.17, 15) is 0 Å². The summed E-state index contributed by atoms with van der Waals surface area (Å²) in [4.78, 5) is 0.551. The summed E-state index contributed by atoms with van der Waals surface area (Å²) >= 11 is 0. The van der Waals surface area contributed by atoms with Gasteiger partial charge in [-0.3, -0.25) is 0 Å². The van der Waals surface area contributed by atoms with Crippen molar-refractivity contribution in [2.75, 3.05) is 24.6 Å². The Morgan fingerprint density at radius 1 is 0.368 bits per heavy atom. The molecule has 0 bridgehead atoms. The van der Waals surface area contributed by atoms with Crippen molar-refractivity contribution in [1.29, 1.82) is 0 Å². The summed E-state index contributed by atoms with van der Waals surface area (Å²) in [5.74, 6) is 0. The monoisotopic (exact) mass is 837 g/mol. The zero-order chi connectivity index (χ0) is 42.0. The Hall–Kier alpha value is -0.440. The zero-order valence-electron chi connectivity index (χ0n) is 39.8. The standard InChI is InChI=1S/C52H101O3PS/c1-8-15-22-25-28-31-34-37-40-49-43-44-52(57(53,54)55-56(45-18-11-4,46-19-12-5,47-20-13-6)48-21-14-7)51(42-39-36-33-30-27-24-17-10-3)50(49)41-38-35-32-29-26-23-16-9-2/h43-44H,8-42,45-48H2,1-7H3. The van der Waals surface area contributed by atoms with Crippen LogP contribution in [0.5, 0.6) is 0 Å². The van der Waals surface area contributed by atoms with E-state index in [2.05, 4.69) is 54.5 Å². The first-order valence-corrected chi connectivity index (χ1v) is 30.1. The van der Waals surface area contributed by atoms with Crippen molar-refractivity contribution in [2.24, 2.45) is 0 Å². The van der Waals surface area contributed by atoms with Gasteiger partial charge in [0.05, 0.1) is 0 Å². The van der Waals surface area contributed by atoms with Crippen LogP contribution >= 0.6 is 6.83 Å². The molecule has 0 atom stereocenters. The van der Waals surface area contributed by atoms with Crippen LogP contribution in [0, 0.1) is 0 Å². The second-order valence-electron chi connectivity index (χ2n) is 18.5. The van der Waals surface area contributed by atoms with Gasteiger partial charge in [-0.25, -0.2) is 0 Å². The van der Waals surface area contributed by atoms with E-state index < -0.39 is 16.9 Å². The smallest absolute Gasteiger partial charge is 0.0654 e. The van der Waals surface area contributed by atoms with Gasteiger partial charge in [-0.05, 0) is 0 Å². The molecule has 0 heterocycles. The maximum atomic E-state index is 15.3. The average Bonchev–Trinajstić information content (AvgIpc) is 3.21. The summed E-state index contributed by atoms with van der Waals surface area (Å²) in [5, 5.41) is 0. The summed E-state index contributed by atoms with van der Waals surface area (Å²) in [6.07, 6.45) is 46.5. The van der Waals surface area contributed by atoms with Crippen molar-refractivity contribution < 1.29 is 12.4 Å². The van der Waals surface area contributed by atoms with E-state index in [0.29, 0.717) is 4.90 Å². The number of rotatable bonds is 42. The molecular weight excluding hydrogens is 736 g/mol. The molecule has 1 aromatic rings. The van der Waals surface area contributed by atoms with Gasteiger partial charge in [-0.2, -0.15) is 0 Å². The maximum absolute atomic E-state index is 15.3. The molecule has 1 rings (SSSR count). The Labute approximate surface area is 359 Å². The first-order valence-electron chi connectivity index (χ1n) is 25.8. The van der Waals surface area contributed by atoms with Crippen molar-refractivity contribution >= 4 is 16.9 Å². The summed E-state index contributed by atoms with van der Waals surface area (Å²) in [6.45, 7) is 12.9. The third-order valence-corrected chi connectivity index (χ3v) is 22.4. The van der Waals surface area contributed by atoms with E-state index in [1.807, 2.05) is 6.07 Å². The molecule has 0 saturated heterocycles. The van der Waals surface area contributed by atoms with Crippen molar-refractivity contribution in [2.45, 2.75) is 278 Å². The molecule has 57 heavy (non-hydrogen) atoms. The Balaban J connectivity index is 3.69. The van der Waals surface area contributed by atoms with Crippen LogP contribution in [0.2, 0.25) is 0 Å². The van der Waals surface area contributed by atoms with E-state index in [4.69, 9.17) is 3.97 Å². The molecular formula is C52H101O3PS. The van der Waals surface area contributed by atoms with Crippen LogP contribution in [-0.4, -0.2) is 33.1 Å². The molecule has 5 heteroatoms. The fourth-order valence-electron chi connectivity index (χ4n) is 9.46. The zero-order valence-corrected chi connectivity index (χ0v) is 41.5. The number of aryl methyl sites for hydroxylation is 1. The van der Waals surface area contributed by atoms with Crippen LogP contribution < -0.4 is 0 Å². The Morgan fingerprint density at radius 2 is 0.667 bits per heavy atom. The third kappa shape index (κ3) is 22.8. The topological polar surface area (TPSA) is 43.4 Å². The molecule has 0 N–H and O–H groups in total. The fraction of sp³-hybridized carbons (Fsp3) is 0.885. The van der Waals surface area contributed by atoms with Gasteiger partial charge < -0.3 is 0 Å². The first-order chi connectivity index (χ1) is 27.7. The van der Waals surface area contributed by atoms with Crippen LogP contribution in [0.1, 0.15) is 271 Å². The quantitative estimate of drug-likeness (QED) is 0.0487. The number of hydrogen-bond acceptors (Lipinski definition) is 3. The van der Waals surface area contributed by atoms with Gasteiger partial charge in [-0.15, -0.1) is 0 Å². The minimum atomic E-state index is -3.96. The van der Waals surface area contributed by atoms with Gasteiger partial charge in [0, 0.05) is 0 Å². The van der Waals surface area contributed by atoms with Gasteiger partial charge in [0.1, 0.15) is 0 Å². The molecule has 0 aliphatic heterocycles. The molecule has 0 aliphatic carbocycles. The predicted molar refractivity (Wildman–Crippen MR) is 260 cm³/mol. The Morgan fingerprint density at radius 3 is 1.02 bits per heavy atom. The molecule has 338 valence electrons. The number of unbranched alkanes of at least 4 members (excludes halogenated alkanes) is 25. The minimum Gasteiger partial charge on any atom is -0.0654 e. The molecule has 0 spiro atoms. The molecule has 1 aromatic carbocycles. The second kappa shape index (κ2) is 34.2. The second-order valence-corrected chi connectivity index (χ2v) is 26.0. The molecule has 0 fully saturated rings. The fourth-order valence-corrected chi connectivity index (χ4v) is 19.8. The third-order valence-electron chi connectivity index (χ3n) is 13.2. The van der Waals surface area contributed by atoms with E-state index in [0.717, 1.165) is 114 Å². The summed E-state index contributed by atoms with van der Waals surface area (Å²) in [6, 6.07) is 4.29. The van der Waals surface area contributed by atoms with E-state index >= 15 is 8.42 Å². The normalized spacial score (nSPS) is 13.0. The van der Waals surface area contributed by atoms with Crippen LogP contribution in [-0.2, 0) is 33.4 Å². The number of hydrogen-bond donors (Lipinski definition) is 0. The van der Waals surface area contributed by atoms with Crippen LogP contribution in [0.25, 0.3) is 0 Å². The van der Waals surface area contributed by atoms with Crippen molar-refractivity contribution in [3.05, 3.63) is 28.8 Å². The summed E-state index contributed by atoms with van der Waals surface area (Å²) in [5.41, 5.74) is 3.97. The van der Waals surface area contributed by atoms with E-state index in [-0.39, 0.29) is 0 Å². The molecule has 0 radical (unpaired) electrons. The van der Waals surface area contributed by atoms with E-state index in [1.54, 1.807) is 0 Å². The van der Waals surface area contributed by atoms with Crippen molar-refractivity contribution in [3.63, 3.8) is 0 Å². The van der Waals surface area contributed by atoms with Gasteiger partial charge in [0.2, 0.25) is 0 Å². The Kier molecular flexibility index (Phi) is 32.7. The molecule has 3 nitrogen and oxygen atoms in total. The predicted octanol–water partition coefficient (Wildman–Crippen LogP) is 18.1. The summed E-state index contributed by atoms with van der Waals surface area (Å²) < 4.78 is 38.0. The van der Waals surface area contributed by atoms with Gasteiger partial charge in [0.15, 0.2) is 0 Å². The van der Waals surface area contributed by atoms with Crippen molar-refractivity contribution in [1.82, 2.24) is 0 Å². The SMILES string of the molecule is CCCCCCCCCCc1ccc(S(=O)(=O)OP(CCCC)(CCCC)(CCCC)CCCC)c(CCCCCCCCCC)c1CCCCCCCCCC. The molecule has 0 aromatic heterocycles. The van der Waals surface area contributed by atoms with Crippen LogP contribution in [0.15, 0.2) is 17.0 Å². The molecule has 0 saturated carbocycles. The summed E-state index contributed by atoms with van der Waals surface area (Å²) in [7, 11) is -3.96. The van der Waals surface area contributed by atoms with E-state index in [1.165, 1.54) is 152 Å². The van der Waals surface area contributed by atoms with Gasteiger partial charge >= 0.3 is 302 Å². The van der Waals surface area contributed by atoms with Crippen LogP contribution in [0.3, 0.4) is 0 Å². The average molecular weight is 837 g/mol. The first kappa shape index (κ1) is 54.6. The number of benzene rings is 1.